The van der Waals surface area contributed by atoms with E-state index in [0.717, 1.165) is 0 Å². The van der Waals surface area contributed by atoms with Gasteiger partial charge in [0.2, 0.25) is 5.76 Å². The average molecular weight is 248 g/mol. The first-order valence-corrected chi connectivity index (χ1v) is 5.56. The Labute approximate surface area is 104 Å². The standard InChI is InChI=1S/C14H13FO3/c1-9(10-5-3-4-6-11(10)15)12-7-8-13(18-12)14(16)17-2/h3-9H,1-2H3. The maximum Gasteiger partial charge on any atom is 0.373 e. The van der Waals surface area contributed by atoms with Crippen LogP contribution in [0, 0.1) is 5.82 Å². The zero-order chi connectivity index (χ0) is 13.1. The largest absolute Gasteiger partial charge is 0.463 e. The van der Waals surface area contributed by atoms with Crippen molar-refractivity contribution in [3.8, 4) is 0 Å². The van der Waals surface area contributed by atoms with Crippen LogP contribution in [0.2, 0.25) is 0 Å². The minimum Gasteiger partial charge on any atom is -0.463 e. The van der Waals surface area contributed by atoms with Crippen LogP contribution in [0.25, 0.3) is 0 Å². The average Bonchev–Trinajstić information content (AvgIpc) is 2.87. The molecule has 0 aliphatic carbocycles. The second-order valence-electron chi connectivity index (χ2n) is 3.94. The Morgan fingerprint density at radius 2 is 2.00 bits per heavy atom. The number of methoxy groups -OCH3 is 1. The van der Waals surface area contributed by atoms with E-state index < -0.39 is 5.97 Å². The lowest BCUT2D eigenvalue weighted by atomic mass is 9.98. The highest BCUT2D eigenvalue weighted by molar-refractivity contribution is 5.86. The van der Waals surface area contributed by atoms with Crippen LogP contribution in [0.3, 0.4) is 0 Å². The number of esters is 1. The van der Waals surface area contributed by atoms with Crippen molar-refractivity contribution < 1.29 is 18.3 Å². The molecule has 94 valence electrons. The first kappa shape index (κ1) is 12.4. The Bertz CT molecular complexity index is 560. The molecule has 0 radical (unpaired) electrons. The van der Waals surface area contributed by atoms with Gasteiger partial charge in [-0.2, -0.15) is 0 Å². The van der Waals surface area contributed by atoms with E-state index in [0.29, 0.717) is 11.3 Å². The molecular weight excluding hydrogens is 235 g/mol. The number of benzene rings is 1. The van der Waals surface area contributed by atoms with Crippen LogP contribution in [-0.4, -0.2) is 13.1 Å². The third-order valence-electron chi connectivity index (χ3n) is 2.81. The van der Waals surface area contributed by atoms with Crippen molar-refractivity contribution in [3.63, 3.8) is 0 Å². The van der Waals surface area contributed by atoms with E-state index in [1.54, 1.807) is 24.3 Å². The van der Waals surface area contributed by atoms with Crippen LogP contribution in [0.1, 0.15) is 34.7 Å². The molecule has 0 N–H and O–H groups in total. The van der Waals surface area contributed by atoms with E-state index in [2.05, 4.69) is 4.74 Å². The summed E-state index contributed by atoms with van der Waals surface area (Å²) in [6, 6.07) is 9.67. The van der Waals surface area contributed by atoms with Gasteiger partial charge in [0.25, 0.3) is 0 Å². The van der Waals surface area contributed by atoms with E-state index in [9.17, 15) is 9.18 Å². The van der Waals surface area contributed by atoms with Gasteiger partial charge in [0, 0.05) is 5.92 Å². The predicted molar refractivity (Wildman–Crippen MR) is 64.0 cm³/mol. The van der Waals surface area contributed by atoms with Crippen molar-refractivity contribution in [1.82, 2.24) is 0 Å². The lowest BCUT2D eigenvalue weighted by Gasteiger charge is -2.09. The first-order valence-electron chi connectivity index (χ1n) is 5.56. The molecule has 1 heterocycles. The van der Waals surface area contributed by atoms with Gasteiger partial charge in [0.1, 0.15) is 11.6 Å². The lowest BCUT2D eigenvalue weighted by molar-refractivity contribution is 0.0563. The van der Waals surface area contributed by atoms with E-state index in [4.69, 9.17) is 4.42 Å². The van der Waals surface area contributed by atoms with Crippen LogP contribution in [-0.2, 0) is 4.74 Å². The van der Waals surface area contributed by atoms with Crippen molar-refractivity contribution >= 4 is 5.97 Å². The molecule has 1 aromatic carbocycles. The number of ether oxygens (including phenoxy) is 1. The molecule has 0 saturated heterocycles. The molecule has 0 saturated carbocycles. The highest BCUT2D eigenvalue weighted by Gasteiger charge is 2.18. The number of hydrogen-bond donors (Lipinski definition) is 0. The second kappa shape index (κ2) is 5.04. The zero-order valence-electron chi connectivity index (χ0n) is 10.1. The van der Waals surface area contributed by atoms with Crippen LogP contribution in [0.5, 0.6) is 0 Å². The third kappa shape index (κ3) is 2.27. The molecule has 1 aromatic heterocycles. The van der Waals surface area contributed by atoms with E-state index in [-0.39, 0.29) is 17.5 Å². The summed E-state index contributed by atoms with van der Waals surface area (Å²) in [5, 5.41) is 0. The summed E-state index contributed by atoms with van der Waals surface area (Å²) in [5.74, 6) is -0.441. The molecule has 1 atom stereocenters. The SMILES string of the molecule is COC(=O)c1ccc(C(C)c2ccccc2F)o1. The highest BCUT2D eigenvalue weighted by atomic mass is 19.1. The van der Waals surface area contributed by atoms with Crippen LogP contribution < -0.4 is 0 Å². The molecule has 0 aliphatic rings. The maximum absolute atomic E-state index is 13.6. The topological polar surface area (TPSA) is 39.4 Å². The molecule has 2 aromatic rings. The summed E-state index contributed by atoms with van der Waals surface area (Å²) in [7, 11) is 1.28. The van der Waals surface area contributed by atoms with Gasteiger partial charge in [-0.05, 0) is 23.8 Å². The quantitative estimate of drug-likeness (QED) is 0.782. The molecule has 0 spiro atoms. The Hall–Kier alpha value is -2.10. The summed E-state index contributed by atoms with van der Waals surface area (Å²) in [6.07, 6.45) is 0. The summed E-state index contributed by atoms with van der Waals surface area (Å²) in [5.41, 5.74) is 0.531. The van der Waals surface area contributed by atoms with E-state index in [1.165, 1.54) is 19.2 Å². The molecule has 1 unspecified atom stereocenters. The Kier molecular flexibility index (Phi) is 3.46. The van der Waals surface area contributed by atoms with Gasteiger partial charge in [-0.1, -0.05) is 25.1 Å². The van der Waals surface area contributed by atoms with Crippen molar-refractivity contribution in [2.75, 3.05) is 7.11 Å². The summed E-state index contributed by atoms with van der Waals surface area (Å²) < 4.78 is 23.5. The lowest BCUT2D eigenvalue weighted by Crippen LogP contribution is -2.00. The van der Waals surface area contributed by atoms with Crippen molar-refractivity contribution in [2.45, 2.75) is 12.8 Å². The van der Waals surface area contributed by atoms with Crippen molar-refractivity contribution in [3.05, 3.63) is 59.3 Å². The fourth-order valence-corrected chi connectivity index (χ4v) is 1.78. The molecule has 18 heavy (non-hydrogen) atoms. The van der Waals surface area contributed by atoms with E-state index in [1.807, 2.05) is 6.92 Å². The summed E-state index contributed by atoms with van der Waals surface area (Å²) in [6.45, 7) is 1.82. The van der Waals surface area contributed by atoms with Gasteiger partial charge < -0.3 is 9.15 Å². The van der Waals surface area contributed by atoms with Gasteiger partial charge in [-0.3, -0.25) is 0 Å². The monoisotopic (exact) mass is 248 g/mol. The Morgan fingerprint density at radius 1 is 1.28 bits per heavy atom. The zero-order valence-corrected chi connectivity index (χ0v) is 10.1. The van der Waals surface area contributed by atoms with Gasteiger partial charge in [-0.25, -0.2) is 9.18 Å². The van der Waals surface area contributed by atoms with Gasteiger partial charge in [0.05, 0.1) is 7.11 Å². The molecule has 3 nitrogen and oxygen atoms in total. The van der Waals surface area contributed by atoms with Crippen molar-refractivity contribution in [1.29, 1.82) is 0 Å². The predicted octanol–water partition coefficient (Wildman–Crippen LogP) is 3.36. The van der Waals surface area contributed by atoms with E-state index >= 15 is 0 Å². The first-order chi connectivity index (χ1) is 8.63. The Balaban J connectivity index is 2.29. The summed E-state index contributed by atoms with van der Waals surface area (Å²) in [4.78, 5) is 11.3. The molecule has 4 heteroatoms. The maximum atomic E-state index is 13.6. The molecule has 0 aliphatic heterocycles. The molecular formula is C14H13FO3. The van der Waals surface area contributed by atoms with Crippen LogP contribution in [0.15, 0.2) is 40.8 Å². The molecule has 0 amide bonds. The number of hydrogen-bond acceptors (Lipinski definition) is 3. The molecule has 2 rings (SSSR count). The minimum atomic E-state index is -0.540. The van der Waals surface area contributed by atoms with Crippen LogP contribution >= 0.6 is 0 Å². The fourth-order valence-electron chi connectivity index (χ4n) is 1.78. The van der Waals surface area contributed by atoms with Gasteiger partial charge >= 0.3 is 5.97 Å². The molecule has 0 bridgehead atoms. The number of rotatable bonds is 3. The van der Waals surface area contributed by atoms with Crippen molar-refractivity contribution in [2.24, 2.45) is 0 Å². The third-order valence-corrected chi connectivity index (χ3v) is 2.81. The molecule has 0 fully saturated rings. The minimum absolute atomic E-state index is 0.121. The second-order valence-corrected chi connectivity index (χ2v) is 3.94. The highest BCUT2D eigenvalue weighted by Crippen LogP contribution is 2.27. The smallest absolute Gasteiger partial charge is 0.373 e. The summed E-state index contributed by atoms with van der Waals surface area (Å²) >= 11 is 0. The van der Waals surface area contributed by atoms with Crippen LogP contribution in [0.4, 0.5) is 4.39 Å². The number of carbonyl (C=O) groups excluding carboxylic acids is 1. The number of halogens is 1. The normalized spacial score (nSPS) is 12.2. The van der Waals surface area contributed by atoms with Gasteiger partial charge in [-0.15, -0.1) is 0 Å². The van der Waals surface area contributed by atoms with Gasteiger partial charge in [0.15, 0.2) is 0 Å². The number of furan rings is 1. The fraction of sp³-hybridized carbons (Fsp3) is 0.214. The Morgan fingerprint density at radius 3 is 2.67 bits per heavy atom. The number of carbonyl (C=O) groups is 1.